The lowest BCUT2D eigenvalue weighted by atomic mass is 10.0. The van der Waals surface area contributed by atoms with Gasteiger partial charge in [-0.05, 0) is 32.0 Å². The molecule has 5 nitrogen and oxygen atoms in total. The molecule has 2 aliphatic rings. The summed E-state index contributed by atoms with van der Waals surface area (Å²) in [5, 5.41) is 13.3. The molecule has 4 rings (SSSR count). The zero-order valence-electron chi connectivity index (χ0n) is 16.0. The number of hydrogen-bond donors (Lipinski definition) is 2. The van der Waals surface area contributed by atoms with Crippen LogP contribution in [0.25, 0.3) is 11.3 Å². The first-order valence-corrected chi connectivity index (χ1v) is 9.52. The number of nitrogens with two attached hydrogens (primary N) is 1. The van der Waals surface area contributed by atoms with Gasteiger partial charge in [0.15, 0.2) is 0 Å². The van der Waals surface area contributed by atoms with Crippen LogP contribution in [-0.4, -0.2) is 23.7 Å². The molecule has 8 heteroatoms. The lowest BCUT2D eigenvalue weighted by Gasteiger charge is -2.12. The molecule has 1 heterocycles. The van der Waals surface area contributed by atoms with Gasteiger partial charge in [0.25, 0.3) is 0 Å². The normalized spacial score (nSPS) is 15.9. The molecule has 2 aromatic rings. The summed E-state index contributed by atoms with van der Waals surface area (Å²) in [5.41, 5.74) is 5.27. The van der Waals surface area contributed by atoms with Crippen LogP contribution in [0.15, 0.2) is 28.8 Å². The fourth-order valence-corrected chi connectivity index (χ4v) is 3.11. The van der Waals surface area contributed by atoms with Gasteiger partial charge in [-0.2, -0.15) is 0 Å². The van der Waals surface area contributed by atoms with Gasteiger partial charge in [-0.1, -0.05) is 49.4 Å². The van der Waals surface area contributed by atoms with Crippen molar-refractivity contribution >= 4 is 0 Å². The number of benzene rings is 1. The van der Waals surface area contributed by atoms with Gasteiger partial charge in [-0.3, -0.25) is 0 Å². The zero-order valence-corrected chi connectivity index (χ0v) is 16.0. The van der Waals surface area contributed by atoms with E-state index in [2.05, 4.69) is 15.6 Å². The number of alkyl halides is 3. The van der Waals surface area contributed by atoms with E-state index < -0.39 is 6.36 Å². The van der Waals surface area contributed by atoms with Crippen LogP contribution >= 0.6 is 0 Å². The smallest absolute Gasteiger partial charge is 0.405 e. The zero-order chi connectivity index (χ0) is 20.6. The average molecular weight is 400 g/mol. The standard InChI is InChI=1S/C14H12F3NO3.C5H10.CH5N/c15-14(16,17)20-11-4-2-1-3-9(11)12-10(7-19)13(21-18-12)8-5-6-8;1-2-4-5-3-1;1-2/h1-4,8,19H,5-7H2;1-5H2;2H2,1H3. The first-order valence-electron chi connectivity index (χ1n) is 9.52. The van der Waals surface area contributed by atoms with Crippen LogP contribution in [-0.2, 0) is 6.61 Å². The Morgan fingerprint density at radius 1 is 1.11 bits per heavy atom. The predicted octanol–water partition coefficient (Wildman–Crippen LogP) is 5.14. The third-order valence-electron chi connectivity index (χ3n) is 4.54. The number of hydrogen-bond acceptors (Lipinski definition) is 5. The third kappa shape index (κ3) is 6.24. The minimum Gasteiger partial charge on any atom is -0.405 e. The first kappa shape index (κ1) is 22.2. The molecule has 0 unspecified atom stereocenters. The molecule has 0 amide bonds. The molecule has 0 saturated heterocycles. The molecule has 3 N–H and O–H groups in total. The molecule has 0 radical (unpaired) electrons. The summed E-state index contributed by atoms with van der Waals surface area (Å²) in [6.07, 6.45) is 4.57. The molecular formula is C20H27F3N2O3. The largest absolute Gasteiger partial charge is 0.573 e. The molecule has 2 saturated carbocycles. The Hall–Kier alpha value is -2.06. The van der Waals surface area contributed by atoms with Gasteiger partial charge in [0.05, 0.1) is 6.61 Å². The van der Waals surface area contributed by atoms with Gasteiger partial charge in [0, 0.05) is 17.0 Å². The Balaban J connectivity index is 0.000000342. The van der Waals surface area contributed by atoms with E-state index in [1.54, 1.807) is 6.07 Å². The summed E-state index contributed by atoms with van der Waals surface area (Å²) in [6.45, 7) is -0.342. The van der Waals surface area contributed by atoms with E-state index in [0.29, 0.717) is 11.3 Å². The first-order chi connectivity index (χ1) is 13.5. The molecular weight excluding hydrogens is 373 g/mol. The lowest BCUT2D eigenvalue weighted by Crippen LogP contribution is -2.17. The van der Waals surface area contributed by atoms with Gasteiger partial charge in [0.1, 0.15) is 17.2 Å². The SMILES string of the molecule is C1CCCC1.CN.OCc1c(-c2ccccc2OC(F)(F)F)noc1C1CC1. The van der Waals surface area contributed by atoms with Crippen molar-refractivity contribution in [2.75, 3.05) is 7.05 Å². The second-order valence-corrected chi connectivity index (χ2v) is 6.62. The maximum absolute atomic E-state index is 12.4. The van der Waals surface area contributed by atoms with Crippen LogP contribution in [0.3, 0.4) is 0 Å². The van der Waals surface area contributed by atoms with Crippen LogP contribution in [0, 0.1) is 0 Å². The van der Waals surface area contributed by atoms with Crippen LogP contribution in [0.4, 0.5) is 13.2 Å². The minimum absolute atomic E-state index is 0.148. The van der Waals surface area contributed by atoms with E-state index in [0.717, 1.165) is 12.8 Å². The van der Waals surface area contributed by atoms with E-state index in [1.165, 1.54) is 57.4 Å². The number of aromatic nitrogens is 1. The van der Waals surface area contributed by atoms with Gasteiger partial charge in [-0.25, -0.2) is 0 Å². The van der Waals surface area contributed by atoms with E-state index in [1.807, 2.05) is 0 Å². The highest BCUT2D eigenvalue weighted by atomic mass is 19.4. The summed E-state index contributed by atoms with van der Waals surface area (Å²) < 4.78 is 46.6. The van der Waals surface area contributed by atoms with Crippen molar-refractivity contribution in [3.05, 3.63) is 35.6 Å². The maximum Gasteiger partial charge on any atom is 0.573 e. The average Bonchev–Trinajstić information content (AvgIpc) is 3.17. The monoisotopic (exact) mass is 400 g/mol. The number of ether oxygens (including phenoxy) is 1. The quantitative estimate of drug-likeness (QED) is 0.743. The second kappa shape index (κ2) is 10.5. The summed E-state index contributed by atoms with van der Waals surface area (Å²) in [7, 11) is 1.50. The Morgan fingerprint density at radius 3 is 2.18 bits per heavy atom. The Kier molecular flexibility index (Phi) is 8.32. The van der Waals surface area contributed by atoms with E-state index >= 15 is 0 Å². The summed E-state index contributed by atoms with van der Waals surface area (Å²) in [6, 6.07) is 5.67. The number of aliphatic hydroxyl groups is 1. The molecule has 156 valence electrons. The molecule has 0 aliphatic heterocycles. The molecule has 2 fully saturated rings. The molecule has 1 aromatic carbocycles. The van der Waals surface area contributed by atoms with Crippen molar-refractivity contribution < 1.29 is 27.5 Å². The highest BCUT2D eigenvalue weighted by molar-refractivity contribution is 5.70. The number of rotatable bonds is 4. The molecule has 0 spiro atoms. The number of aliphatic hydroxyl groups excluding tert-OH is 1. The fourth-order valence-electron chi connectivity index (χ4n) is 3.11. The molecule has 0 bridgehead atoms. The summed E-state index contributed by atoms with van der Waals surface area (Å²) in [5.74, 6) is 0.383. The van der Waals surface area contributed by atoms with Crippen molar-refractivity contribution in [1.82, 2.24) is 5.16 Å². The van der Waals surface area contributed by atoms with Gasteiger partial charge >= 0.3 is 6.36 Å². The highest BCUT2D eigenvalue weighted by Gasteiger charge is 2.35. The third-order valence-corrected chi connectivity index (χ3v) is 4.54. The van der Waals surface area contributed by atoms with Crippen LogP contribution in [0.1, 0.15) is 62.2 Å². The van der Waals surface area contributed by atoms with E-state index in [9.17, 15) is 18.3 Å². The van der Waals surface area contributed by atoms with Gasteiger partial charge in [-0.15, -0.1) is 13.2 Å². The van der Waals surface area contributed by atoms with Crippen molar-refractivity contribution in [2.45, 2.75) is 63.8 Å². The molecule has 0 atom stereocenters. The minimum atomic E-state index is -4.79. The van der Waals surface area contributed by atoms with E-state index in [4.69, 9.17) is 4.52 Å². The number of nitrogens with zero attached hydrogens (tertiary/aromatic N) is 1. The maximum atomic E-state index is 12.4. The molecule has 28 heavy (non-hydrogen) atoms. The Bertz CT molecular complexity index is 716. The number of halogens is 3. The summed E-state index contributed by atoms with van der Waals surface area (Å²) in [4.78, 5) is 0. The summed E-state index contributed by atoms with van der Waals surface area (Å²) >= 11 is 0. The van der Waals surface area contributed by atoms with Crippen molar-refractivity contribution in [3.8, 4) is 17.0 Å². The molecule has 2 aliphatic carbocycles. The van der Waals surface area contributed by atoms with Crippen LogP contribution < -0.4 is 10.5 Å². The molecule has 1 aromatic heterocycles. The van der Waals surface area contributed by atoms with Gasteiger partial charge < -0.3 is 20.1 Å². The van der Waals surface area contributed by atoms with Gasteiger partial charge in [0.2, 0.25) is 0 Å². The Labute approximate surface area is 162 Å². The number of para-hydroxylation sites is 1. The van der Waals surface area contributed by atoms with Crippen molar-refractivity contribution in [2.24, 2.45) is 5.73 Å². The fraction of sp³-hybridized carbons (Fsp3) is 0.550. The highest BCUT2D eigenvalue weighted by Crippen LogP contribution is 2.45. The Morgan fingerprint density at radius 2 is 1.68 bits per heavy atom. The topological polar surface area (TPSA) is 81.5 Å². The van der Waals surface area contributed by atoms with E-state index in [-0.39, 0.29) is 29.5 Å². The second-order valence-electron chi connectivity index (χ2n) is 6.62. The predicted molar refractivity (Wildman–Crippen MR) is 99.7 cm³/mol. The van der Waals surface area contributed by atoms with Crippen molar-refractivity contribution in [1.29, 1.82) is 0 Å². The van der Waals surface area contributed by atoms with Crippen LogP contribution in [0.2, 0.25) is 0 Å². The van der Waals surface area contributed by atoms with Crippen molar-refractivity contribution in [3.63, 3.8) is 0 Å². The van der Waals surface area contributed by atoms with Crippen LogP contribution in [0.5, 0.6) is 5.75 Å². The lowest BCUT2D eigenvalue weighted by molar-refractivity contribution is -0.274.